The van der Waals surface area contributed by atoms with E-state index in [1.54, 1.807) is 36.2 Å². The highest BCUT2D eigenvalue weighted by Crippen LogP contribution is 2.38. The first-order chi connectivity index (χ1) is 9.93. The van der Waals surface area contributed by atoms with Crippen LogP contribution in [-0.4, -0.2) is 36.3 Å². The second kappa shape index (κ2) is 6.26. The van der Waals surface area contributed by atoms with Gasteiger partial charge in [-0.1, -0.05) is 13.0 Å². The molecule has 1 fully saturated rings. The molecule has 3 N–H and O–H groups in total. The Morgan fingerprint density at radius 2 is 2.14 bits per heavy atom. The van der Waals surface area contributed by atoms with Gasteiger partial charge in [0.05, 0.1) is 0 Å². The molecule has 0 radical (unpaired) electrons. The fourth-order valence-electron chi connectivity index (χ4n) is 2.21. The van der Waals surface area contributed by atoms with Crippen LogP contribution in [0.1, 0.15) is 30.6 Å². The van der Waals surface area contributed by atoms with E-state index in [9.17, 15) is 9.59 Å². The Morgan fingerprint density at radius 1 is 1.48 bits per heavy atom. The standard InChI is InChI=1S/C16H23N3O2/c1-10-7-14(10)15(20)18-13-6-4-5-12(8-13)16(21)19(3)11(2)9-17/h4-6,8,10-11,14H,7,9,17H2,1-3H3,(H,18,20). The van der Waals surface area contributed by atoms with E-state index in [0.29, 0.717) is 23.7 Å². The third-order valence-corrected chi connectivity index (χ3v) is 4.15. The smallest absolute Gasteiger partial charge is 0.253 e. The average Bonchev–Trinajstić information content (AvgIpc) is 3.22. The number of nitrogens with zero attached hydrogens (tertiary/aromatic N) is 1. The minimum atomic E-state index is -0.0937. The summed E-state index contributed by atoms with van der Waals surface area (Å²) in [6.07, 6.45) is 0.946. The summed E-state index contributed by atoms with van der Waals surface area (Å²) in [4.78, 5) is 25.9. The van der Waals surface area contributed by atoms with Crippen molar-refractivity contribution >= 4 is 17.5 Å². The number of nitrogens with one attached hydrogen (secondary N) is 1. The SMILES string of the molecule is CC1CC1C(=O)Nc1cccc(C(=O)N(C)C(C)CN)c1. The molecule has 0 spiro atoms. The molecule has 0 aromatic heterocycles. The molecule has 2 rings (SSSR count). The van der Waals surface area contributed by atoms with E-state index in [4.69, 9.17) is 5.73 Å². The minimum absolute atomic E-state index is 0.0249. The third-order valence-electron chi connectivity index (χ3n) is 4.15. The fourth-order valence-corrected chi connectivity index (χ4v) is 2.21. The molecule has 1 aromatic carbocycles. The van der Waals surface area contributed by atoms with Gasteiger partial charge in [0.2, 0.25) is 5.91 Å². The highest BCUT2D eigenvalue weighted by atomic mass is 16.2. The number of anilines is 1. The first-order valence-electron chi connectivity index (χ1n) is 7.32. The molecular weight excluding hydrogens is 266 g/mol. The second-order valence-corrected chi connectivity index (χ2v) is 5.89. The highest BCUT2D eigenvalue weighted by molar-refractivity contribution is 5.98. The Hall–Kier alpha value is -1.88. The summed E-state index contributed by atoms with van der Waals surface area (Å²) in [5, 5.41) is 2.88. The zero-order valence-electron chi connectivity index (χ0n) is 12.8. The molecular formula is C16H23N3O2. The second-order valence-electron chi connectivity index (χ2n) is 5.89. The van der Waals surface area contributed by atoms with Crippen LogP contribution in [-0.2, 0) is 4.79 Å². The quantitative estimate of drug-likeness (QED) is 0.866. The Bertz CT molecular complexity index is 544. The summed E-state index contributed by atoms with van der Waals surface area (Å²) in [6.45, 7) is 4.38. The van der Waals surface area contributed by atoms with Crippen LogP contribution in [0.5, 0.6) is 0 Å². The fraction of sp³-hybridized carbons (Fsp3) is 0.500. The number of amides is 2. The molecule has 1 aliphatic rings. The van der Waals surface area contributed by atoms with E-state index >= 15 is 0 Å². The first kappa shape index (κ1) is 15.5. The van der Waals surface area contributed by atoms with Crippen molar-refractivity contribution in [1.82, 2.24) is 4.90 Å². The Morgan fingerprint density at radius 3 is 2.71 bits per heavy atom. The lowest BCUT2D eigenvalue weighted by Crippen LogP contribution is -2.39. The van der Waals surface area contributed by atoms with Crippen molar-refractivity contribution in [3.05, 3.63) is 29.8 Å². The maximum Gasteiger partial charge on any atom is 0.253 e. The number of carbonyl (C=O) groups is 2. The lowest BCUT2D eigenvalue weighted by Gasteiger charge is -2.23. The van der Waals surface area contributed by atoms with Gasteiger partial charge in [0.1, 0.15) is 0 Å². The van der Waals surface area contributed by atoms with Crippen molar-refractivity contribution in [2.45, 2.75) is 26.3 Å². The molecule has 1 saturated carbocycles. The predicted octanol–water partition coefficient (Wildman–Crippen LogP) is 1.70. The van der Waals surface area contributed by atoms with Crippen LogP contribution in [0.3, 0.4) is 0 Å². The van der Waals surface area contributed by atoms with E-state index in [2.05, 4.69) is 12.2 Å². The van der Waals surface area contributed by atoms with Gasteiger partial charge in [-0.3, -0.25) is 9.59 Å². The highest BCUT2D eigenvalue weighted by Gasteiger charge is 2.39. The van der Waals surface area contributed by atoms with Crippen LogP contribution in [0.25, 0.3) is 0 Å². The van der Waals surface area contributed by atoms with Gasteiger partial charge in [-0.2, -0.15) is 0 Å². The number of hydrogen-bond acceptors (Lipinski definition) is 3. The number of likely N-dealkylation sites (N-methyl/N-ethyl adjacent to an activating group) is 1. The molecule has 0 heterocycles. The topological polar surface area (TPSA) is 75.4 Å². The van der Waals surface area contributed by atoms with E-state index in [-0.39, 0.29) is 23.8 Å². The number of carbonyl (C=O) groups excluding carboxylic acids is 2. The molecule has 5 nitrogen and oxygen atoms in total. The van der Waals surface area contributed by atoms with E-state index in [1.165, 1.54) is 0 Å². The molecule has 1 aromatic rings. The van der Waals surface area contributed by atoms with Gasteiger partial charge in [-0.05, 0) is 37.5 Å². The van der Waals surface area contributed by atoms with E-state index < -0.39 is 0 Å². The molecule has 3 atom stereocenters. The molecule has 0 bridgehead atoms. The maximum atomic E-state index is 12.3. The number of benzene rings is 1. The zero-order valence-corrected chi connectivity index (χ0v) is 12.8. The third kappa shape index (κ3) is 3.61. The molecule has 2 amide bonds. The predicted molar refractivity (Wildman–Crippen MR) is 83.0 cm³/mol. The Kier molecular flexibility index (Phi) is 4.63. The molecule has 5 heteroatoms. The minimum Gasteiger partial charge on any atom is -0.338 e. The van der Waals surface area contributed by atoms with Gasteiger partial charge in [0, 0.05) is 36.8 Å². The molecule has 0 aliphatic heterocycles. The van der Waals surface area contributed by atoms with Gasteiger partial charge in [-0.25, -0.2) is 0 Å². The average molecular weight is 289 g/mol. The summed E-state index contributed by atoms with van der Waals surface area (Å²) in [5.74, 6) is 0.523. The molecule has 1 aliphatic carbocycles. The summed E-state index contributed by atoms with van der Waals surface area (Å²) < 4.78 is 0. The van der Waals surface area contributed by atoms with Crippen molar-refractivity contribution in [3.63, 3.8) is 0 Å². The normalized spacial score (nSPS) is 21.5. The summed E-state index contributed by atoms with van der Waals surface area (Å²) in [6, 6.07) is 7.02. The van der Waals surface area contributed by atoms with Crippen LogP contribution in [0.4, 0.5) is 5.69 Å². The lowest BCUT2D eigenvalue weighted by atomic mass is 10.1. The molecule has 3 unspecified atom stereocenters. The molecule has 0 saturated heterocycles. The van der Waals surface area contributed by atoms with Crippen LogP contribution < -0.4 is 11.1 Å². The van der Waals surface area contributed by atoms with Crippen molar-refractivity contribution in [2.24, 2.45) is 17.6 Å². The van der Waals surface area contributed by atoms with Crippen LogP contribution >= 0.6 is 0 Å². The molecule has 21 heavy (non-hydrogen) atoms. The molecule has 114 valence electrons. The first-order valence-corrected chi connectivity index (χ1v) is 7.32. The van der Waals surface area contributed by atoms with Crippen molar-refractivity contribution < 1.29 is 9.59 Å². The van der Waals surface area contributed by atoms with Crippen LogP contribution in [0.15, 0.2) is 24.3 Å². The largest absolute Gasteiger partial charge is 0.338 e. The monoisotopic (exact) mass is 289 g/mol. The van der Waals surface area contributed by atoms with E-state index in [1.807, 2.05) is 6.92 Å². The van der Waals surface area contributed by atoms with Crippen molar-refractivity contribution in [2.75, 3.05) is 18.9 Å². The van der Waals surface area contributed by atoms with Gasteiger partial charge in [0.25, 0.3) is 5.91 Å². The number of hydrogen-bond donors (Lipinski definition) is 2. The van der Waals surface area contributed by atoms with Crippen LogP contribution in [0.2, 0.25) is 0 Å². The van der Waals surface area contributed by atoms with Gasteiger partial charge >= 0.3 is 0 Å². The summed E-state index contributed by atoms with van der Waals surface area (Å²) >= 11 is 0. The van der Waals surface area contributed by atoms with Gasteiger partial charge in [-0.15, -0.1) is 0 Å². The summed E-state index contributed by atoms with van der Waals surface area (Å²) in [7, 11) is 1.73. The number of nitrogens with two attached hydrogens (primary N) is 1. The lowest BCUT2D eigenvalue weighted by molar-refractivity contribution is -0.117. The Balaban J connectivity index is 2.06. The summed E-state index contributed by atoms with van der Waals surface area (Å²) in [5.41, 5.74) is 6.81. The zero-order chi connectivity index (χ0) is 15.6. The van der Waals surface area contributed by atoms with Gasteiger partial charge < -0.3 is 16.0 Å². The number of rotatable bonds is 5. The van der Waals surface area contributed by atoms with E-state index in [0.717, 1.165) is 6.42 Å². The van der Waals surface area contributed by atoms with Gasteiger partial charge in [0.15, 0.2) is 0 Å². The maximum absolute atomic E-state index is 12.3. The van der Waals surface area contributed by atoms with Crippen molar-refractivity contribution in [3.8, 4) is 0 Å². The Labute approximate surface area is 125 Å². The van der Waals surface area contributed by atoms with Crippen LogP contribution in [0, 0.1) is 11.8 Å². The van der Waals surface area contributed by atoms with Crippen molar-refractivity contribution in [1.29, 1.82) is 0 Å².